The molecule has 0 atom stereocenters. The molecular weight excluding hydrogens is 399 g/mol. The van der Waals surface area contributed by atoms with Crippen LogP contribution < -0.4 is 33.2 Å². The van der Waals surface area contributed by atoms with Crippen molar-refractivity contribution in [1.82, 2.24) is 4.57 Å². The Hall–Kier alpha value is -2.15. The molecule has 0 aliphatic rings. The van der Waals surface area contributed by atoms with Gasteiger partial charge in [-0.2, -0.15) is 0 Å². The number of anilines is 1. The van der Waals surface area contributed by atoms with E-state index in [-0.39, 0.29) is 19.0 Å². The summed E-state index contributed by atoms with van der Waals surface area (Å²) in [4.78, 5) is 11.3. The lowest BCUT2D eigenvalue weighted by Crippen LogP contribution is -3.00. The second-order valence-electron chi connectivity index (χ2n) is 5.47. The van der Waals surface area contributed by atoms with Gasteiger partial charge in [0.25, 0.3) is 5.91 Å². The number of amides is 1. The maximum absolute atomic E-state index is 11.3. The molecule has 6 nitrogen and oxygen atoms in total. The smallest absolute Gasteiger partial charge is 0.356 e. The number of carbonyl (C=O) groups is 1. The number of benzene rings is 2. The molecule has 9 heteroatoms. The summed E-state index contributed by atoms with van der Waals surface area (Å²) in [6.45, 7) is 0.848. The Labute approximate surface area is 166 Å². The molecule has 0 saturated carbocycles. The second-order valence-corrected chi connectivity index (χ2v) is 6.32. The van der Waals surface area contributed by atoms with E-state index in [1.54, 1.807) is 22.8 Å². The fourth-order valence-electron chi connectivity index (χ4n) is 2.71. The number of carbonyl (C=O) groups excluding carboxylic acids is 1. The van der Waals surface area contributed by atoms with Gasteiger partial charge >= 0.3 is 5.95 Å². The van der Waals surface area contributed by atoms with Crippen molar-refractivity contribution in [3.05, 3.63) is 52.5 Å². The van der Waals surface area contributed by atoms with Crippen LogP contribution in [0.3, 0.4) is 0 Å². The predicted octanol–water partition coefficient (Wildman–Crippen LogP) is -0.614. The molecule has 0 aliphatic heterocycles. The minimum absolute atomic E-state index is 0. The summed E-state index contributed by atoms with van der Waals surface area (Å²) in [7, 11) is 0. The predicted molar refractivity (Wildman–Crippen MR) is 97.7 cm³/mol. The molecule has 3 rings (SSSR count). The fourth-order valence-corrected chi connectivity index (χ4v) is 3.17. The second kappa shape index (κ2) is 8.49. The number of primary amides is 1. The minimum Gasteiger partial charge on any atom is -1.00 e. The minimum atomic E-state index is -0.455. The van der Waals surface area contributed by atoms with Crippen LogP contribution in [0.2, 0.25) is 10.0 Å². The third-order valence-corrected chi connectivity index (χ3v) is 4.33. The van der Waals surface area contributed by atoms with Gasteiger partial charge in [-0.3, -0.25) is 10.5 Å². The lowest BCUT2D eigenvalue weighted by molar-refractivity contribution is -0.644. The summed E-state index contributed by atoms with van der Waals surface area (Å²) < 4.78 is 9.29. The van der Waals surface area contributed by atoms with Crippen LogP contribution in [0.1, 0.15) is 0 Å². The molecule has 0 spiro atoms. The molecule has 4 N–H and O–H groups in total. The first kappa shape index (κ1) is 20.2. The number of fused-ring (bicyclic) bond motifs is 1. The Morgan fingerprint density at radius 1 is 1.19 bits per heavy atom. The number of nitrogens with two attached hydrogens (primary N) is 2. The molecule has 0 aliphatic carbocycles. The number of nitrogens with zero attached hydrogens (tertiary/aromatic N) is 2. The zero-order valence-corrected chi connectivity index (χ0v) is 15.9. The number of para-hydroxylation sites is 2. The highest BCUT2D eigenvalue weighted by Gasteiger charge is 2.21. The van der Waals surface area contributed by atoms with Crippen LogP contribution in [0.15, 0.2) is 42.5 Å². The molecule has 0 bridgehead atoms. The molecule has 3 aromatic rings. The van der Waals surface area contributed by atoms with Crippen molar-refractivity contribution in [3.8, 4) is 5.75 Å². The van der Waals surface area contributed by atoms with E-state index in [2.05, 4.69) is 0 Å². The monoisotopic (exact) mass is 414 g/mol. The highest BCUT2D eigenvalue weighted by molar-refractivity contribution is 6.35. The van der Waals surface area contributed by atoms with Crippen molar-refractivity contribution >= 4 is 46.1 Å². The Balaban J connectivity index is 0.00000243. The van der Waals surface area contributed by atoms with Gasteiger partial charge in [-0.1, -0.05) is 35.3 Å². The number of ether oxygens (including phenoxy) is 1. The van der Waals surface area contributed by atoms with Crippen LogP contribution in [-0.4, -0.2) is 17.1 Å². The van der Waals surface area contributed by atoms with E-state index in [0.717, 1.165) is 11.0 Å². The van der Waals surface area contributed by atoms with Crippen LogP contribution >= 0.6 is 23.2 Å². The first-order chi connectivity index (χ1) is 12.0. The zero-order valence-electron chi connectivity index (χ0n) is 13.7. The molecular formula is C17H17Cl3N4O2. The Morgan fingerprint density at radius 3 is 2.62 bits per heavy atom. The summed E-state index contributed by atoms with van der Waals surface area (Å²) in [6.07, 6.45) is 0. The van der Waals surface area contributed by atoms with E-state index < -0.39 is 5.91 Å². The summed E-state index contributed by atoms with van der Waals surface area (Å²) in [5, 5.41) is 0.993. The van der Waals surface area contributed by atoms with E-state index in [4.69, 9.17) is 39.4 Å². The quantitative estimate of drug-likeness (QED) is 0.526. The topological polar surface area (TPSA) is 87.2 Å². The van der Waals surface area contributed by atoms with E-state index in [0.29, 0.717) is 34.9 Å². The number of aromatic nitrogens is 2. The lowest BCUT2D eigenvalue weighted by Gasteiger charge is -2.08. The van der Waals surface area contributed by atoms with Crippen LogP contribution in [-0.2, 0) is 17.9 Å². The van der Waals surface area contributed by atoms with Crippen LogP contribution in [0.4, 0.5) is 5.95 Å². The summed E-state index contributed by atoms with van der Waals surface area (Å²) in [5.41, 5.74) is 13.3. The summed E-state index contributed by atoms with van der Waals surface area (Å²) >= 11 is 12.0. The van der Waals surface area contributed by atoms with Gasteiger partial charge in [0.2, 0.25) is 0 Å². The molecule has 1 amide bonds. The zero-order chi connectivity index (χ0) is 18.0. The first-order valence-corrected chi connectivity index (χ1v) is 8.35. The van der Waals surface area contributed by atoms with Crippen molar-refractivity contribution in [2.45, 2.75) is 13.1 Å². The van der Waals surface area contributed by atoms with E-state index in [9.17, 15) is 4.79 Å². The Bertz CT molecular complexity index is 943. The average molecular weight is 416 g/mol. The molecule has 0 saturated heterocycles. The number of imidazole rings is 1. The Kier molecular flexibility index (Phi) is 6.58. The number of hydrogen-bond acceptors (Lipinski definition) is 3. The largest absolute Gasteiger partial charge is 1.00 e. The van der Waals surface area contributed by atoms with Gasteiger partial charge in [-0.15, -0.1) is 0 Å². The normalized spacial score (nSPS) is 10.5. The van der Waals surface area contributed by atoms with Crippen LogP contribution in [0, 0.1) is 0 Å². The van der Waals surface area contributed by atoms with E-state index >= 15 is 0 Å². The number of nitrogen functional groups attached to an aromatic ring is 1. The maximum Gasteiger partial charge on any atom is 0.356 e. The molecule has 0 fully saturated rings. The number of halogens is 3. The highest BCUT2D eigenvalue weighted by Crippen LogP contribution is 2.27. The van der Waals surface area contributed by atoms with Gasteiger partial charge in [0.1, 0.15) is 29.9 Å². The van der Waals surface area contributed by atoms with Gasteiger partial charge in [0.15, 0.2) is 6.54 Å². The summed E-state index contributed by atoms with van der Waals surface area (Å²) in [6, 6.07) is 12.7. The van der Waals surface area contributed by atoms with Gasteiger partial charge in [0.05, 0.1) is 5.02 Å². The molecule has 0 radical (unpaired) electrons. The van der Waals surface area contributed by atoms with E-state index in [1.165, 1.54) is 0 Å². The van der Waals surface area contributed by atoms with Crippen molar-refractivity contribution in [2.75, 3.05) is 12.3 Å². The molecule has 0 unspecified atom stereocenters. The number of hydrogen-bond donors (Lipinski definition) is 2. The van der Waals surface area contributed by atoms with Crippen molar-refractivity contribution in [3.63, 3.8) is 0 Å². The number of rotatable bonds is 6. The third-order valence-electron chi connectivity index (χ3n) is 3.80. The highest BCUT2D eigenvalue weighted by atomic mass is 35.5. The van der Waals surface area contributed by atoms with Crippen molar-refractivity contribution in [1.29, 1.82) is 0 Å². The van der Waals surface area contributed by atoms with Gasteiger partial charge in [-0.25, -0.2) is 9.13 Å². The first-order valence-electron chi connectivity index (χ1n) is 7.60. The van der Waals surface area contributed by atoms with Crippen molar-refractivity contribution in [2.24, 2.45) is 5.73 Å². The maximum atomic E-state index is 11.3. The standard InChI is InChI=1S/C17H16Cl2N4O2.ClH/c18-11-5-6-15(12(19)9-11)25-8-7-22-13-3-1-2-4-14(13)23(17(22)21)10-16(20)24;/h1-6,9,21H,7-8,10H2,(H2,20,24);1H. The molecule has 26 heavy (non-hydrogen) atoms. The average Bonchev–Trinajstić information content (AvgIpc) is 2.82. The van der Waals surface area contributed by atoms with Crippen molar-refractivity contribution < 1.29 is 26.5 Å². The lowest BCUT2D eigenvalue weighted by atomic mass is 10.3. The van der Waals surface area contributed by atoms with E-state index in [1.807, 2.05) is 28.8 Å². The van der Waals surface area contributed by atoms with Crippen LogP contribution in [0.5, 0.6) is 5.75 Å². The van der Waals surface area contributed by atoms with Gasteiger partial charge in [0, 0.05) is 5.02 Å². The molecule has 138 valence electrons. The molecule has 1 aromatic heterocycles. The summed E-state index contributed by atoms with van der Waals surface area (Å²) in [5.74, 6) is 0.528. The Morgan fingerprint density at radius 2 is 1.92 bits per heavy atom. The van der Waals surface area contributed by atoms with Gasteiger partial charge < -0.3 is 22.9 Å². The SMILES string of the molecule is NC(=O)C[n+]1c(N)n(CCOc2ccc(Cl)cc2Cl)c2ccccc21.[Cl-]. The third kappa shape index (κ3) is 4.15. The van der Waals surface area contributed by atoms with Crippen LogP contribution in [0.25, 0.3) is 11.0 Å². The van der Waals surface area contributed by atoms with Gasteiger partial charge in [-0.05, 0) is 30.3 Å². The fraction of sp³-hybridized carbons (Fsp3) is 0.176. The molecule has 1 heterocycles. The molecule has 2 aromatic carbocycles.